The van der Waals surface area contributed by atoms with Crippen molar-refractivity contribution >= 4 is 11.8 Å². The topological polar surface area (TPSA) is 53.1 Å². The third kappa shape index (κ3) is 6.68. The van der Waals surface area contributed by atoms with Crippen LogP contribution in [0.3, 0.4) is 0 Å². The molecule has 0 spiro atoms. The molecule has 0 N–H and O–H groups in total. The largest absolute Gasteiger partial charge is 0.378 e. The molecule has 3 heterocycles. The minimum Gasteiger partial charge on any atom is -0.378 e. The monoisotopic (exact) mass is 407 g/mol. The molecule has 6 nitrogen and oxygen atoms in total. The summed E-state index contributed by atoms with van der Waals surface area (Å²) in [6, 6.07) is 0.586. The van der Waals surface area contributed by atoms with E-state index < -0.39 is 0 Å². The molecule has 3 saturated heterocycles. The van der Waals surface area contributed by atoms with Crippen molar-refractivity contribution in [2.24, 2.45) is 5.92 Å². The summed E-state index contributed by atoms with van der Waals surface area (Å²) in [4.78, 5) is 31.8. The van der Waals surface area contributed by atoms with E-state index in [0.717, 1.165) is 77.8 Å². The average molecular weight is 408 g/mol. The van der Waals surface area contributed by atoms with E-state index in [1.165, 1.54) is 25.7 Å². The molecule has 2 amide bonds. The maximum Gasteiger partial charge on any atom is 0.225 e. The molecule has 3 aliphatic rings. The zero-order chi connectivity index (χ0) is 20.5. The van der Waals surface area contributed by atoms with Gasteiger partial charge in [0.25, 0.3) is 0 Å². The van der Waals surface area contributed by atoms with Crippen LogP contribution in [0.25, 0.3) is 0 Å². The van der Waals surface area contributed by atoms with E-state index in [1.807, 2.05) is 4.90 Å². The molecule has 0 bridgehead atoms. The molecular formula is C23H41N3O3. The van der Waals surface area contributed by atoms with Crippen molar-refractivity contribution in [2.75, 3.05) is 52.5 Å². The fraction of sp³-hybridized carbons (Fsp3) is 0.913. The summed E-state index contributed by atoms with van der Waals surface area (Å²) in [6.45, 7) is 8.96. The van der Waals surface area contributed by atoms with Crippen molar-refractivity contribution in [3.05, 3.63) is 0 Å². The van der Waals surface area contributed by atoms with Gasteiger partial charge in [0.15, 0.2) is 0 Å². The van der Waals surface area contributed by atoms with Crippen LogP contribution in [0.2, 0.25) is 0 Å². The molecule has 0 atom stereocenters. The first kappa shape index (κ1) is 22.5. The predicted molar refractivity (Wildman–Crippen MR) is 115 cm³/mol. The lowest BCUT2D eigenvalue weighted by Crippen LogP contribution is -2.51. The highest BCUT2D eigenvalue weighted by atomic mass is 16.5. The standard InChI is InChI=1S/C23H41N3O3/c1-2-3-4-5-6-7-22(27)25-14-10-21(11-15-25)24-12-8-20(9-13-24)23(28)26-16-18-29-19-17-26/h20-21H,2-19H2,1H3. The van der Waals surface area contributed by atoms with Gasteiger partial charge in [-0.15, -0.1) is 0 Å². The molecular weight excluding hydrogens is 366 g/mol. The lowest BCUT2D eigenvalue weighted by atomic mass is 9.92. The minimum absolute atomic E-state index is 0.193. The van der Waals surface area contributed by atoms with Gasteiger partial charge in [-0.05, 0) is 45.2 Å². The lowest BCUT2D eigenvalue weighted by molar-refractivity contribution is -0.141. The van der Waals surface area contributed by atoms with Gasteiger partial charge in [0.05, 0.1) is 13.2 Å². The predicted octanol–water partition coefficient (Wildman–Crippen LogP) is 2.91. The van der Waals surface area contributed by atoms with E-state index >= 15 is 0 Å². The van der Waals surface area contributed by atoms with Crippen molar-refractivity contribution < 1.29 is 14.3 Å². The van der Waals surface area contributed by atoms with Crippen LogP contribution >= 0.6 is 0 Å². The van der Waals surface area contributed by atoms with Crippen molar-refractivity contribution in [2.45, 2.75) is 77.2 Å². The molecule has 3 fully saturated rings. The van der Waals surface area contributed by atoms with E-state index in [0.29, 0.717) is 31.1 Å². The molecule has 166 valence electrons. The summed E-state index contributed by atoms with van der Waals surface area (Å²) < 4.78 is 5.37. The van der Waals surface area contributed by atoms with Gasteiger partial charge in [-0.3, -0.25) is 9.59 Å². The highest BCUT2D eigenvalue weighted by Crippen LogP contribution is 2.26. The highest BCUT2D eigenvalue weighted by Gasteiger charge is 2.33. The van der Waals surface area contributed by atoms with Crippen LogP contribution in [0.15, 0.2) is 0 Å². The molecule has 0 unspecified atom stereocenters. The van der Waals surface area contributed by atoms with Crippen LogP contribution in [0, 0.1) is 5.92 Å². The number of hydrogen-bond donors (Lipinski definition) is 0. The number of unbranched alkanes of at least 4 members (excludes halogenated alkanes) is 4. The molecule has 3 rings (SSSR count). The Morgan fingerprint density at radius 2 is 1.45 bits per heavy atom. The number of ether oxygens (including phenoxy) is 1. The van der Waals surface area contributed by atoms with Gasteiger partial charge < -0.3 is 19.4 Å². The quantitative estimate of drug-likeness (QED) is 0.581. The number of hydrogen-bond acceptors (Lipinski definition) is 4. The van der Waals surface area contributed by atoms with Crippen LogP contribution in [-0.2, 0) is 14.3 Å². The van der Waals surface area contributed by atoms with Gasteiger partial charge in [0.2, 0.25) is 11.8 Å². The van der Waals surface area contributed by atoms with Crippen LogP contribution in [0.5, 0.6) is 0 Å². The van der Waals surface area contributed by atoms with Crippen molar-refractivity contribution in [1.82, 2.24) is 14.7 Å². The fourth-order valence-corrected chi connectivity index (χ4v) is 5.07. The van der Waals surface area contributed by atoms with Crippen LogP contribution < -0.4 is 0 Å². The van der Waals surface area contributed by atoms with Crippen LogP contribution in [-0.4, -0.2) is 85.0 Å². The molecule has 3 aliphatic heterocycles. The molecule has 6 heteroatoms. The number of rotatable bonds is 8. The van der Waals surface area contributed by atoms with Crippen LogP contribution in [0.4, 0.5) is 0 Å². The number of amides is 2. The van der Waals surface area contributed by atoms with E-state index in [-0.39, 0.29) is 5.92 Å². The van der Waals surface area contributed by atoms with Gasteiger partial charge in [-0.2, -0.15) is 0 Å². The summed E-state index contributed by atoms with van der Waals surface area (Å²) >= 11 is 0. The molecule has 0 aromatic heterocycles. The van der Waals surface area contributed by atoms with E-state index in [9.17, 15) is 9.59 Å². The van der Waals surface area contributed by atoms with Crippen LogP contribution in [0.1, 0.15) is 71.1 Å². The zero-order valence-corrected chi connectivity index (χ0v) is 18.4. The van der Waals surface area contributed by atoms with Crippen molar-refractivity contribution in [3.63, 3.8) is 0 Å². The Hall–Kier alpha value is -1.14. The molecule has 0 aromatic rings. The van der Waals surface area contributed by atoms with Gasteiger partial charge in [0, 0.05) is 44.6 Å². The number of piperidine rings is 2. The Balaban J connectivity index is 1.32. The maximum atomic E-state index is 12.7. The highest BCUT2D eigenvalue weighted by molar-refractivity contribution is 5.79. The summed E-state index contributed by atoms with van der Waals surface area (Å²) in [7, 11) is 0. The Kier molecular flexibility index (Phi) is 9.25. The number of morpholine rings is 1. The summed E-state index contributed by atoms with van der Waals surface area (Å²) in [6.07, 6.45) is 10.9. The Morgan fingerprint density at radius 3 is 2.10 bits per heavy atom. The first-order chi connectivity index (χ1) is 14.2. The summed E-state index contributed by atoms with van der Waals surface area (Å²) in [5, 5.41) is 0. The Morgan fingerprint density at radius 1 is 0.793 bits per heavy atom. The van der Waals surface area contributed by atoms with Gasteiger partial charge in [-0.25, -0.2) is 0 Å². The molecule has 0 saturated carbocycles. The second-order valence-corrected chi connectivity index (χ2v) is 9.02. The Bertz CT molecular complexity index is 505. The maximum absolute atomic E-state index is 12.7. The summed E-state index contributed by atoms with van der Waals surface area (Å²) in [5.74, 6) is 0.890. The second kappa shape index (κ2) is 11.9. The minimum atomic E-state index is 0.193. The normalized spacial score (nSPS) is 22.8. The van der Waals surface area contributed by atoms with E-state index in [1.54, 1.807) is 0 Å². The smallest absolute Gasteiger partial charge is 0.225 e. The third-order valence-electron chi connectivity index (χ3n) is 7.03. The first-order valence-electron chi connectivity index (χ1n) is 12.1. The second-order valence-electron chi connectivity index (χ2n) is 9.02. The third-order valence-corrected chi connectivity index (χ3v) is 7.03. The number of nitrogens with zero attached hydrogens (tertiary/aromatic N) is 3. The Labute approximate surface area is 176 Å². The van der Waals surface area contributed by atoms with E-state index in [4.69, 9.17) is 4.74 Å². The van der Waals surface area contributed by atoms with Gasteiger partial charge in [0.1, 0.15) is 0 Å². The first-order valence-corrected chi connectivity index (χ1v) is 12.1. The van der Waals surface area contributed by atoms with Crippen molar-refractivity contribution in [1.29, 1.82) is 0 Å². The molecule has 0 aromatic carbocycles. The number of likely N-dealkylation sites (tertiary alicyclic amines) is 2. The number of carbonyl (C=O) groups excluding carboxylic acids is 2. The average Bonchev–Trinajstić information content (AvgIpc) is 2.79. The fourth-order valence-electron chi connectivity index (χ4n) is 5.07. The summed E-state index contributed by atoms with van der Waals surface area (Å²) in [5.41, 5.74) is 0. The number of carbonyl (C=O) groups is 2. The van der Waals surface area contributed by atoms with Gasteiger partial charge in [-0.1, -0.05) is 32.6 Å². The van der Waals surface area contributed by atoms with Crippen molar-refractivity contribution in [3.8, 4) is 0 Å². The lowest BCUT2D eigenvalue weighted by Gasteiger charge is -2.42. The zero-order valence-electron chi connectivity index (χ0n) is 18.4. The molecule has 0 radical (unpaired) electrons. The molecule has 0 aliphatic carbocycles. The SMILES string of the molecule is CCCCCCCC(=O)N1CCC(N2CCC(C(=O)N3CCOCC3)CC2)CC1. The van der Waals surface area contributed by atoms with E-state index in [2.05, 4.69) is 16.7 Å². The van der Waals surface area contributed by atoms with Gasteiger partial charge >= 0.3 is 0 Å². The molecule has 29 heavy (non-hydrogen) atoms.